The van der Waals surface area contributed by atoms with Gasteiger partial charge in [-0.3, -0.25) is 4.40 Å². The predicted octanol–water partition coefficient (Wildman–Crippen LogP) is 4.54. The lowest BCUT2D eigenvalue weighted by atomic mass is 10.2. The number of aryl methyl sites for hydroxylation is 1. The maximum Gasteiger partial charge on any atom is 0.217 e. The Hall–Kier alpha value is -1.85. The summed E-state index contributed by atoms with van der Waals surface area (Å²) in [6.45, 7) is 2.11. The summed E-state index contributed by atoms with van der Waals surface area (Å²) in [6, 6.07) is 17.0. The van der Waals surface area contributed by atoms with Gasteiger partial charge in [-0.15, -0.1) is 10.2 Å². The van der Waals surface area contributed by atoms with E-state index in [1.54, 1.807) is 23.1 Å². The second kappa shape index (κ2) is 5.16. The van der Waals surface area contributed by atoms with Gasteiger partial charge in [-0.2, -0.15) is 0 Å². The van der Waals surface area contributed by atoms with Crippen LogP contribution in [0.5, 0.6) is 0 Å². The molecule has 0 spiro atoms. The second-order valence-corrected chi connectivity index (χ2v) is 6.90. The van der Waals surface area contributed by atoms with Crippen molar-refractivity contribution in [3.8, 4) is 0 Å². The molecule has 0 fully saturated rings. The Balaban J connectivity index is 1.68. The minimum atomic E-state index is 0.908. The molecular formula is C16H13N3S2. The number of nitrogens with zero attached hydrogens (tertiary/aromatic N) is 3. The van der Waals surface area contributed by atoms with Crippen molar-refractivity contribution in [3.05, 3.63) is 59.7 Å². The molecule has 0 bridgehead atoms. The molecule has 21 heavy (non-hydrogen) atoms. The van der Waals surface area contributed by atoms with Crippen LogP contribution in [0.1, 0.15) is 11.1 Å². The number of fused-ring (bicyclic) bond motifs is 3. The zero-order valence-corrected chi connectivity index (χ0v) is 13.1. The van der Waals surface area contributed by atoms with Crippen LogP contribution in [0.2, 0.25) is 0 Å². The smallest absolute Gasteiger partial charge is 0.217 e. The molecule has 5 heteroatoms. The van der Waals surface area contributed by atoms with Gasteiger partial charge in [-0.25, -0.2) is 0 Å². The Morgan fingerprint density at radius 3 is 2.71 bits per heavy atom. The number of thiazole rings is 1. The Bertz CT molecular complexity index is 906. The monoisotopic (exact) mass is 311 g/mol. The highest BCUT2D eigenvalue weighted by Gasteiger charge is 2.12. The largest absolute Gasteiger partial charge is 0.260 e. The van der Waals surface area contributed by atoms with Gasteiger partial charge < -0.3 is 0 Å². The number of hydrogen-bond donors (Lipinski definition) is 0. The molecule has 2 aromatic carbocycles. The first-order chi connectivity index (χ1) is 10.3. The van der Waals surface area contributed by atoms with Crippen molar-refractivity contribution < 1.29 is 0 Å². The van der Waals surface area contributed by atoms with Crippen molar-refractivity contribution in [2.45, 2.75) is 17.8 Å². The topological polar surface area (TPSA) is 30.2 Å². The normalized spacial score (nSPS) is 11.5. The van der Waals surface area contributed by atoms with Crippen molar-refractivity contribution in [1.82, 2.24) is 14.6 Å². The van der Waals surface area contributed by atoms with Crippen molar-refractivity contribution >= 4 is 38.3 Å². The molecule has 0 aliphatic carbocycles. The Labute approximate surface area is 130 Å². The number of para-hydroxylation sites is 1. The van der Waals surface area contributed by atoms with E-state index < -0.39 is 0 Å². The van der Waals surface area contributed by atoms with Gasteiger partial charge in [0.2, 0.25) is 4.96 Å². The summed E-state index contributed by atoms with van der Waals surface area (Å²) in [5.74, 6) is 0.908. The lowest BCUT2D eigenvalue weighted by molar-refractivity contribution is 0.940. The third-order valence-electron chi connectivity index (χ3n) is 3.40. The number of aromatic nitrogens is 3. The standard InChI is InChI=1S/C16H13N3S2/c1-11-6-8-12(9-7-11)10-20-15-17-18-16-19(15)13-4-2-3-5-14(13)21-16/h2-9H,10H2,1H3. The Kier molecular flexibility index (Phi) is 3.16. The summed E-state index contributed by atoms with van der Waals surface area (Å²) in [5.41, 5.74) is 3.79. The van der Waals surface area contributed by atoms with Crippen LogP contribution in [0.3, 0.4) is 0 Å². The van der Waals surface area contributed by atoms with E-state index in [2.05, 4.69) is 70.1 Å². The maximum absolute atomic E-state index is 4.32. The van der Waals surface area contributed by atoms with E-state index in [1.165, 1.54) is 21.3 Å². The van der Waals surface area contributed by atoms with Crippen LogP contribution in [-0.2, 0) is 5.75 Å². The molecule has 4 aromatic rings. The fourth-order valence-corrected chi connectivity index (χ4v) is 4.20. The van der Waals surface area contributed by atoms with Crippen molar-refractivity contribution in [2.24, 2.45) is 0 Å². The molecule has 0 unspecified atom stereocenters. The van der Waals surface area contributed by atoms with Gasteiger partial charge in [-0.1, -0.05) is 65.1 Å². The number of thioether (sulfide) groups is 1. The molecule has 0 atom stereocenters. The SMILES string of the molecule is Cc1ccc(CSc2nnc3sc4ccccc4n23)cc1. The molecule has 2 heterocycles. The summed E-state index contributed by atoms with van der Waals surface area (Å²) < 4.78 is 3.40. The van der Waals surface area contributed by atoms with Gasteiger partial charge in [0.05, 0.1) is 10.2 Å². The average molecular weight is 311 g/mol. The van der Waals surface area contributed by atoms with Crippen molar-refractivity contribution in [3.63, 3.8) is 0 Å². The van der Waals surface area contributed by atoms with Gasteiger partial charge in [0.25, 0.3) is 0 Å². The van der Waals surface area contributed by atoms with E-state index >= 15 is 0 Å². The first-order valence-corrected chi connectivity index (χ1v) is 8.52. The Morgan fingerprint density at radius 2 is 1.86 bits per heavy atom. The number of rotatable bonds is 3. The summed E-state index contributed by atoms with van der Waals surface area (Å²) in [7, 11) is 0. The molecule has 0 saturated heterocycles. The molecule has 0 saturated carbocycles. The number of hydrogen-bond acceptors (Lipinski definition) is 4. The van der Waals surface area contributed by atoms with E-state index in [-0.39, 0.29) is 0 Å². The van der Waals surface area contributed by atoms with Crippen LogP contribution in [-0.4, -0.2) is 14.6 Å². The van der Waals surface area contributed by atoms with E-state index in [1.807, 2.05) is 0 Å². The third kappa shape index (κ3) is 2.32. The van der Waals surface area contributed by atoms with Crippen LogP contribution in [0.25, 0.3) is 15.2 Å². The van der Waals surface area contributed by atoms with Crippen LogP contribution in [0.15, 0.2) is 53.7 Å². The number of benzene rings is 2. The van der Waals surface area contributed by atoms with Gasteiger partial charge in [-0.05, 0) is 24.6 Å². The zero-order chi connectivity index (χ0) is 14.2. The lowest BCUT2D eigenvalue weighted by Gasteiger charge is -2.01. The molecular weight excluding hydrogens is 298 g/mol. The van der Waals surface area contributed by atoms with Crippen molar-refractivity contribution in [1.29, 1.82) is 0 Å². The summed E-state index contributed by atoms with van der Waals surface area (Å²) in [6.07, 6.45) is 0. The summed E-state index contributed by atoms with van der Waals surface area (Å²) >= 11 is 3.41. The lowest BCUT2D eigenvalue weighted by Crippen LogP contribution is -1.87. The van der Waals surface area contributed by atoms with Crippen LogP contribution in [0.4, 0.5) is 0 Å². The molecule has 0 aliphatic rings. The highest BCUT2D eigenvalue weighted by Crippen LogP contribution is 2.30. The molecule has 104 valence electrons. The van der Waals surface area contributed by atoms with Crippen LogP contribution >= 0.6 is 23.1 Å². The highest BCUT2D eigenvalue weighted by atomic mass is 32.2. The minimum absolute atomic E-state index is 0.908. The second-order valence-electron chi connectivity index (χ2n) is 4.94. The third-order valence-corrected chi connectivity index (χ3v) is 5.41. The zero-order valence-electron chi connectivity index (χ0n) is 11.5. The van der Waals surface area contributed by atoms with Crippen molar-refractivity contribution in [2.75, 3.05) is 0 Å². The fraction of sp³-hybridized carbons (Fsp3) is 0.125. The molecule has 0 N–H and O–H groups in total. The average Bonchev–Trinajstić information content (AvgIpc) is 3.06. The molecule has 0 aliphatic heterocycles. The van der Waals surface area contributed by atoms with Gasteiger partial charge in [0.1, 0.15) is 0 Å². The van der Waals surface area contributed by atoms with Gasteiger partial charge in [0, 0.05) is 5.75 Å². The first-order valence-electron chi connectivity index (χ1n) is 6.72. The minimum Gasteiger partial charge on any atom is -0.260 e. The first kappa shape index (κ1) is 12.9. The van der Waals surface area contributed by atoms with E-state index in [0.717, 1.165) is 15.9 Å². The Morgan fingerprint density at radius 1 is 1.05 bits per heavy atom. The summed E-state index contributed by atoms with van der Waals surface area (Å²) in [4.78, 5) is 0.961. The van der Waals surface area contributed by atoms with E-state index in [9.17, 15) is 0 Å². The molecule has 3 nitrogen and oxygen atoms in total. The molecule has 0 amide bonds. The molecule has 0 radical (unpaired) electrons. The summed E-state index contributed by atoms with van der Waals surface area (Å²) in [5, 5.41) is 9.58. The van der Waals surface area contributed by atoms with Gasteiger partial charge in [0.15, 0.2) is 5.16 Å². The van der Waals surface area contributed by atoms with Crippen LogP contribution in [0, 0.1) is 6.92 Å². The van der Waals surface area contributed by atoms with Crippen LogP contribution < -0.4 is 0 Å². The van der Waals surface area contributed by atoms with E-state index in [4.69, 9.17) is 0 Å². The van der Waals surface area contributed by atoms with E-state index in [0.29, 0.717) is 0 Å². The quantitative estimate of drug-likeness (QED) is 0.520. The highest BCUT2D eigenvalue weighted by molar-refractivity contribution is 7.98. The predicted molar refractivity (Wildman–Crippen MR) is 89.1 cm³/mol. The molecule has 4 rings (SSSR count). The molecule has 2 aromatic heterocycles. The maximum atomic E-state index is 4.32. The van der Waals surface area contributed by atoms with Gasteiger partial charge >= 0.3 is 0 Å². The fourth-order valence-electron chi connectivity index (χ4n) is 2.28.